The molecule has 1 saturated carbocycles. The average Bonchev–Trinajstić information content (AvgIpc) is 3.48. The third kappa shape index (κ3) is 4.47. The van der Waals surface area contributed by atoms with Crippen LogP contribution in [0.1, 0.15) is 40.7 Å². The second-order valence-corrected chi connectivity index (χ2v) is 9.22. The number of hydrogen-bond donors (Lipinski definition) is 1. The lowest BCUT2D eigenvalue weighted by Crippen LogP contribution is -2.40. The number of alkyl halides is 3. The van der Waals surface area contributed by atoms with E-state index in [4.69, 9.17) is 0 Å². The summed E-state index contributed by atoms with van der Waals surface area (Å²) in [5.74, 6) is 0.767. The number of nitrogens with zero attached hydrogens (tertiary/aromatic N) is 4. The maximum absolute atomic E-state index is 13.8. The lowest BCUT2D eigenvalue weighted by molar-refractivity contribution is -0.137. The molecule has 6 nitrogen and oxygen atoms in total. The second-order valence-electron chi connectivity index (χ2n) is 9.22. The summed E-state index contributed by atoms with van der Waals surface area (Å²) in [6, 6.07) is 9.64. The number of rotatable bonds is 5. The van der Waals surface area contributed by atoms with Gasteiger partial charge in [-0.15, -0.1) is 0 Å². The summed E-state index contributed by atoms with van der Waals surface area (Å²) < 4.78 is 38.4. The average molecular weight is 467 g/mol. The Balaban J connectivity index is 1.37. The van der Waals surface area contributed by atoms with Crippen LogP contribution in [-0.4, -0.2) is 44.9 Å². The summed E-state index contributed by atoms with van der Waals surface area (Å²) in [7, 11) is 0. The molecule has 0 unspecified atom stereocenters. The number of benzene rings is 1. The fraction of sp³-hybridized carbons (Fsp3) is 0.360. The van der Waals surface area contributed by atoms with E-state index < -0.39 is 11.7 Å². The van der Waals surface area contributed by atoms with Crippen LogP contribution in [0.25, 0.3) is 11.4 Å². The minimum Gasteiger partial charge on any atom is -0.368 e. The lowest BCUT2D eigenvalue weighted by atomic mass is 10.0. The van der Waals surface area contributed by atoms with Crippen LogP contribution in [0.2, 0.25) is 0 Å². The molecule has 1 aliphatic heterocycles. The van der Waals surface area contributed by atoms with Crippen LogP contribution < -0.4 is 5.32 Å². The summed E-state index contributed by atoms with van der Waals surface area (Å²) in [4.78, 5) is 28.2. The number of pyridine rings is 1. The largest absolute Gasteiger partial charge is 0.417 e. The predicted molar refractivity (Wildman–Crippen MR) is 121 cm³/mol. The maximum atomic E-state index is 13.8. The number of amides is 1. The van der Waals surface area contributed by atoms with E-state index in [1.165, 1.54) is 6.07 Å². The van der Waals surface area contributed by atoms with Gasteiger partial charge in [0, 0.05) is 43.3 Å². The number of hydrogen-bond acceptors (Lipinski definition) is 5. The van der Waals surface area contributed by atoms with E-state index in [1.54, 1.807) is 18.5 Å². The zero-order valence-electron chi connectivity index (χ0n) is 18.6. The topological polar surface area (TPSA) is 71.0 Å². The minimum absolute atomic E-state index is 0.0814. The zero-order chi connectivity index (χ0) is 23.9. The molecule has 5 rings (SSSR count). The molecule has 34 heavy (non-hydrogen) atoms. The Morgan fingerprint density at radius 2 is 1.91 bits per heavy atom. The first-order chi connectivity index (χ1) is 16.2. The Hall–Kier alpha value is -3.49. The van der Waals surface area contributed by atoms with Gasteiger partial charge in [-0.3, -0.25) is 4.79 Å². The molecule has 176 valence electrons. The molecular weight excluding hydrogens is 443 g/mol. The molecule has 3 aromatic rings. The standard InChI is InChI=1S/C25H24F3N5O/c1-16-3-5-19(22-29-9-2-10-30-22)20(11-16)23(34)33-15-24(7-8-24)12-18(33)14-32-21-6-4-17(13-31-21)25(26,27)28/h2-6,9-11,13,18H,7-8,12,14-15H2,1H3,(H,31,32)/t18-/m0/s1. The molecule has 2 aliphatic rings. The predicted octanol–water partition coefficient (Wildman–Crippen LogP) is 4.97. The molecule has 1 aromatic carbocycles. The smallest absolute Gasteiger partial charge is 0.368 e. The van der Waals surface area contributed by atoms with Gasteiger partial charge in [0.15, 0.2) is 5.82 Å². The van der Waals surface area contributed by atoms with Crippen molar-refractivity contribution in [1.82, 2.24) is 19.9 Å². The number of carbonyl (C=O) groups excluding carboxylic acids is 1. The first-order valence-corrected chi connectivity index (χ1v) is 11.2. The van der Waals surface area contributed by atoms with Crippen molar-refractivity contribution >= 4 is 11.7 Å². The Morgan fingerprint density at radius 1 is 1.15 bits per heavy atom. The fourth-order valence-electron chi connectivity index (χ4n) is 4.64. The van der Waals surface area contributed by atoms with Gasteiger partial charge in [0.2, 0.25) is 0 Å². The summed E-state index contributed by atoms with van der Waals surface area (Å²) in [6.45, 7) is 3.02. The van der Waals surface area contributed by atoms with Crippen molar-refractivity contribution in [2.75, 3.05) is 18.4 Å². The van der Waals surface area contributed by atoms with Gasteiger partial charge in [0.05, 0.1) is 11.1 Å². The highest BCUT2D eigenvalue weighted by Crippen LogP contribution is 2.55. The van der Waals surface area contributed by atoms with Crippen LogP contribution in [0.5, 0.6) is 0 Å². The highest BCUT2D eigenvalue weighted by molar-refractivity contribution is 6.00. The first kappa shape index (κ1) is 22.3. The molecule has 1 aliphatic carbocycles. The van der Waals surface area contributed by atoms with E-state index >= 15 is 0 Å². The van der Waals surface area contributed by atoms with Crippen LogP contribution in [-0.2, 0) is 6.18 Å². The molecule has 1 amide bonds. The van der Waals surface area contributed by atoms with Gasteiger partial charge in [0.25, 0.3) is 5.91 Å². The van der Waals surface area contributed by atoms with Gasteiger partial charge in [-0.05, 0) is 55.9 Å². The number of carbonyl (C=O) groups is 1. The van der Waals surface area contributed by atoms with Gasteiger partial charge in [-0.25, -0.2) is 15.0 Å². The van der Waals surface area contributed by atoms with E-state index in [9.17, 15) is 18.0 Å². The maximum Gasteiger partial charge on any atom is 0.417 e. The normalized spacial score (nSPS) is 18.8. The molecule has 2 fully saturated rings. The number of anilines is 1. The summed E-state index contributed by atoms with van der Waals surface area (Å²) >= 11 is 0. The number of aryl methyl sites for hydroxylation is 1. The Morgan fingerprint density at radius 3 is 2.56 bits per heavy atom. The van der Waals surface area contributed by atoms with Crippen molar-refractivity contribution in [2.24, 2.45) is 5.41 Å². The SMILES string of the molecule is Cc1ccc(-c2ncccn2)c(C(=O)N2CC3(CC3)C[C@H]2CNc2ccc(C(F)(F)F)cn2)c1. The third-order valence-electron chi connectivity index (χ3n) is 6.65. The van der Waals surface area contributed by atoms with Gasteiger partial charge < -0.3 is 10.2 Å². The van der Waals surface area contributed by atoms with Crippen molar-refractivity contribution in [1.29, 1.82) is 0 Å². The molecule has 2 aromatic heterocycles. The minimum atomic E-state index is -4.42. The molecule has 1 saturated heterocycles. The van der Waals surface area contributed by atoms with E-state index in [0.717, 1.165) is 37.1 Å². The van der Waals surface area contributed by atoms with Gasteiger partial charge in [-0.1, -0.05) is 17.7 Å². The summed E-state index contributed by atoms with van der Waals surface area (Å²) in [5.41, 5.74) is 1.56. The van der Waals surface area contributed by atoms with E-state index in [0.29, 0.717) is 35.9 Å². The fourth-order valence-corrected chi connectivity index (χ4v) is 4.64. The zero-order valence-corrected chi connectivity index (χ0v) is 18.6. The Kier molecular flexibility index (Phi) is 5.50. The van der Waals surface area contributed by atoms with Crippen molar-refractivity contribution in [2.45, 2.75) is 38.4 Å². The molecule has 9 heteroatoms. The third-order valence-corrected chi connectivity index (χ3v) is 6.65. The van der Waals surface area contributed by atoms with Gasteiger partial charge in [0.1, 0.15) is 5.82 Å². The van der Waals surface area contributed by atoms with Crippen LogP contribution in [0.4, 0.5) is 19.0 Å². The van der Waals surface area contributed by atoms with Crippen molar-refractivity contribution in [3.05, 3.63) is 71.7 Å². The van der Waals surface area contributed by atoms with E-state index in [1.807, 2.05) is 30.0 Å². The monoisotopic (exact) mass is 467 g/mol. The highest BCUT2D eigenvalue weighted by atomic mass is 19.4. The number of likely N-dealkylation sites (tertiary alicyclic amines) is 1. The molecule has 0 bridgehead atoms. The van der Waals surface area contributed by atoms with Gasteiger partial charge >= 0.3 is 6.18 Å². The number of aromatic nitrogens is 3. The van der Waals surface area contributed by atoms with E-state index in [2.05, 4.69) is 20.3 Å². The number of halogens is 3. The lowest BCUT2D eigenvalue weighted by Gasteiger charge is -2.26. The molecule has 0 radical (unpaired) electrons. The van der Waals surface area contributed by atoms with Crippen molar-refractivity contribution < 1.29 is 18.0 Å². The Bertz CT molecular complexity index is 1190. The molecule has 1 spiro atoms. The van der Waals surface area contributed by atoms with Crippen molar-refractivity contribution in [3.63, 3.8) is 0 Å². The summed E-state index contributed by atoms with van der Waals surface area (Å²) in [6.07, 6.45) is 2.70. The van der Waals surface area contributed by atoms with Crippen LogP contribution >= 0.6 is 0 Å². The van der Waals surface area contributed by atoms with E-state index in [-0.39, 0.29) is 17.4 Å². The Labute approximate surface area is 195 Å². The molecule has 1 atom stereocenters. The highest BCUT2D eigenvalue weighted by Gasteiger charge is 2.53. The quantitative estimate of drug-likeness (QED) is 0.574. The second kappa shape index (κ2) is 8.38. The van der Waals surface area contributed by atoms with Crippen LogP contribution in [0.3, 0.4) is 0 Å². The molecule has 3 heterocycles. The van der Waals surface area contributed by atoms with Crippen molar-refractivity contribution in [3.8, 4) is 11.4 Å². The van der Waals surface area contributed by atoms with Gasteiger partial charge in [-0.2, -0.15) is 13.2 Å². The van der Waals surface area contributed by atoms with Crippen LogP contribution in [0.15, 0.2) is 55.0 Å². The van der Waals surface area contributed by atoms with Crippen LogP contribution in [0, 0.1) is 12.3 Å². The molecule has 1 N–H and O–H groups in total. The summed E-state index contributed by atoms with van der Waals surface area (Å²) in [5, 5.41) is 3.13. The first-order valence-electron chi connectivity index (χ1n) is 11.2. The number of nitrogens with one attached hydrogen (secondary N) is 1. The molecular formula is C25H24F3N5O.